The molecule has 0 aliphatic carbocycles. The van der Waals surface area contributed by atoms with Gasteiger partial charge in [-0.2, -0.15) is 5.10 Å². The summed E-state index contributed by atoms with van der Waals surface area (Å²) in [7, 11) is 0. The Labute approximate surface area is 224 Å². The van der Waals surface area contributed by atoms with Gasteiger partial charge in [-0.05, 0) is 31.0 Å². The minimum Gasteiger partial charge on any atom is -0.485 e. The maximum Gasteiger partial charge on any atom is 0.244 e. The number of nitrogens with two attached hydrogens (primary N) is 1. The van der Waals surface area contributed by atoms with Crippen molar-refractivity contribution in [1.82, 2.24) is 30.1 Å². The van der Waals surface area contributed by atoms with E-state index in [1.807, 2.05) is 30.5 Å². The Bertz CT molecular complexity index is 1670. The molecule has 1 spiro atoms. The average Bonchev–Trinajstić information content (AvgIpc) is 3.72. The molecule has 1 atom stereocenters. The summed E-state index contributed by atoms with van der Waals surface area (Å²) in [6.07, 6.45) is 8.52. The molecule has 3 aliphatic heterocycles. The van der Waals surface area contributed by atoms with Crippen molar-refractivity contribution in [3.05, 3.63) is 66.3 Å². The Morgan fingerprint density at radius 2 is 1.92 bits per heavy atom. The van der Waals surface area contributed by atoms with E-state index < -0.39 is 0 Å². The standard InChI is InChI=1S/C28H27N9O2/c29-24-17-4-1-2-6-21(17)39-28(24)9-13-36(14-10-28)22-16-31-23-25(33-22)34-35-26(23)37-12-3-5-18-20(37)8-7-19(32-18)27-30-11-15-38-27/h1-2,4,6-8,11,15-16,24H,3,5,9-10,12-14,29H2,(H,33,34,35)/t24-/m1/s1. The van der Waals surface area contributed by atoms with Gasteiger partial charge in [-0.15, -0.1) is 0 Å². The van der Waals surface area contributed by atoms with Crippen LogP contribution in [0.3, 0.4) is 0 Å². The van der Waals surface area contributed by atoms with Crippen molar-refractivity contribution in [1.29, 1.82) is 0 Å². The number of rotatable bonds is 3. The summed E-state index contributed by atoms with van der Waals surface area (Å²) < 4.78 is 11.8. The monoisotopic (exact) mass is 521 g/mol. The molecule has 5 aromatic rings. The Morgan fingerprint density at radius 1 is 1.03 bits per heavy atom. The van der Waals surface area contributed by atoms with Gasteiger partial charge in [0.25, 0.3) is 0 Å². The number of pyridine rings is 1. The lowest BCUT2D eigenvalue weighted by Gasteiger charge is -2.41. The molecule has 11 nitrogen and oxygen atoms in total. The number of aromatic amines is 1. The number of aromatic nitrogens is 6. The lowest BCUT2D eigenvalue weighted by atomic mass is 9.83. The number of anilines is 3. The van der Waals surface area contributed by atoms with E-state index >= 15 is 0 Å². The van der Waals surface area contributed by atoms with Crippen LogP contribution >= 0.6 is 0 Å². The molecule has 1 saturated heterocycles. The molecule has 7 heterocycles. The summed E-state index contributed by atoms with van der Waals surface area (Å²) in [5, 5.41) is 7.74. The molecule has 0 bridgehead atoms. The van der Waals surface area contributed by atoms with Gasteiger partial charge >= 0.3 is 0 Å². The molecule has 0 unspecified atom stereocenters. The number of benzene rings is 1. The number of para-hydroxylation sites is 1. The molecule has 39 heavy (non-hydrogen) atoms. The molecule has 4 aromatic heterocycles. The van der Waals surface area contributed by atoms with Crippen molar-refractivity contribution in [2.45, 2.75) is 37.3 Å². The number of ether oxygens (including phenoxy) is 1. The summed E-state index contributed by atoms with van der Waals surface area (Å²) in [4.78, 5) is 23.2. The third-order valence-corrected chi connectivity index (χ3v) is 8.25. The molecule has 0 radical (unpaired) electrons. The Morgan fingerprint density at radius 3 is 2.77 bits per heavy atom. The topological polar surface area (TPSA) is 135 Å². The molecule has 3 aliphatic rings. The third-order valence-electron chi connectivity index (χ3n) is 8.25. The van der Waals surface area contributed by atoms with Crippen molar-refractivity contribution in [2.75, 3.05) is 29.4 Å². The molecular weight excluding hydrogens is 494 g/mol. The second kappa shape index (κ2) is 8.50. The lowest BCUT2D eigenvalue weighted by Crippen LogP contribution is -2.51. The van der Waals surface area contributed by atoms with E-state index in [2.05, 4.69) is 37.1 Å². The zero-order chi connectivity index (χ0) is 26.0. The van der Waals surface area contributed by atoms with Crippen LogP contribution in [0.25, 0.3) is 22.7 Å². The van der Waals surface area contributed by atoms with E-state index in [1.165, 1.54) is 0 Å². The molecule has 8 rings (SSSR count). The highest BCUT2D eigenvalue weighted by molar-refractivity contribution is 5.87. The first-order valence-corrected chi connectivity index (χ1v) is 13.4. The van der Waals surface area contributed by atoms with Crippen LogP contribution in [0, 0.1) is 0 Å². The van der Waals surface area contributed by atoms with Gasteiger partial charge in [0.1, 0.15) is 29.1 Å². The zero-order valence-corrected chi connectivity index (χ0v) is 21.2. The smallest absolute Gasteiger partial charge is 0.244 e. The number of hydrogen-bond donors (Lipinski definition) is 2. The summed E-state index contributed by atoms with van der Waals surface area (Å²) in [5.74, 6) is 3.02. The van der Waals surface area contributed by atoms with Crippen LogP contribution in [0.5, 0.6) is 5.75 Å². The number of nitrogens with one attached hydrogen (secondary N) is 1. The van der Waals surface area contributed by atoms with Gasteiger partial charge in [-0.1, -0.05) is 18.2 Å². The fraction of sp³-hybridized carbons (Fsp3) is 0.321. The number of hydrogen-bond acceptors (Lipinski definition) is 10. The van der Waals surface area contributed by atoms with E-state index in [0.29, 0.717) is 11.5 Å². The highest BCUT2D eigenvalue weighted by Gasteiger charge is 2.48. The number of oxazole rings is 1. The Kier molecular flexibility index (Phi) is 4.90. The van der Waals surface area contributed by atoms with Crippen LogP contribution in [0.1, 0.15) is 36.6 Å². The first-order valence-electron chi connectivity index (χ1n) is 13.4. The number of piperidine rings is 1. The Hall–Kier alpha value is -4.51. The van der Waals surface area contributed by atoms with E-state index in [-0.39, 0.29) is 11.6 Å². The first kappa shape index (κ1) is 22.5. The molecule has 0 amide bonds. The van der Waals surface area contributed by atoms with Gasteiger partial charge in [0.15, 0.2) is 17.0 Å². The summed E-state index contributed by atoms with van der Waals surface area (Å²) in [6, 6.07) is 12.0. The number of H-pyrrole nitrogens is 1. The summed E-state index contributed by atoms with van der Waals surface area (Å²) in [5.41, 5.74) is 11.5. The second-order valence-corrected chi connectivity index (χ2v) is 10.4. The van der Waals surface area contributed by atoms with Crippen LogP contribution < -0.4 is 20.3 Å². The second-order valence-electron chi connectivity index (χ2n) is 10.4. The van der Waals surface area contributed by atoms with Crippen LogP contribution in [0.4, 0.5) is 17.3 Å². The normalized spacial score (nSPS) is 19.8. The maximum absolute atomic E-state index is 6.65. The predicted octanol–water partition coefficient (Wildman–Crippen LogP) is 3.92. The number of nitrogens with zero attached hydrogens (tertiary/aromatic N) is 7. The van der Waals surface area contributed by atoms with Crippen molar-refractivity contribution < 1.29 is 9.15 Å². The SMILES string of the molecule is N[C@@H]1c2ccccc2OC12CCN(c1cnc3c(N4CCCc5nc(-c6ncco6)ccc54)n[nH]c3n1)CC2. The van der Waals surface area contributed by atoms with Crippen molar-refractivity contribution >= 4 is 28.5 Å². The first-order chi connectivity index (χ1) is 19.2. The third kappa shape index (κ3) is 3.49. The van der Waals surface area contributed by atoms with E-state index in [4.69, 9.17) is 29.8 Å². The zero-order valence-electron chi connectivity index (χ0n) is 21.2. The number of aryl methyl sites for hydroxylation is 1. The minimum absolute atomic E-state index is 0.118. The predicted molar refractivity (Wildman–Crippen MR) is 145 cm³/mol. The molecule has 11 heteroatoms. The van der Waals surface area contributed by atoms with E-state index in [0.717, 1.165) is 90.9 Å². The van der Waals surface area contributed by atoms with Gasteiger partial charge in [0.2, 0.25) is 5.89 Å². The fourth-order valence-electron chi connectivity index (χ4n) is 6.18. The molecular formula is C28H27N9O2. The highest BCUT2D eigenvalue weighted by Crippen LogP contribution is 2.47. The minimum atomic E-state index is -0.360. The van der Waals surface area contributed by atoms with Crippen LogP contribution in [0.15, 0.2) is 59.5 Å². The van der Waals surface area contributed by atoms with Crippen molar-refractivity contribution in [3.8, 4) is 17.3 Å². The molecule has 196 valence electrons. The van der Waals surface area contributed by atoms with Gasteiger partial charge in [-0.25, -0.2) is 19.9 Å². The van der Waals surface area contributed by atoms with Crippen LogP contribution in [-0.2, 0) is 6.42 Å². The van der Waals surface area contributed by atoms with E-state index in [1.54, 1.807) is 12.5 Å². The summed E-state index contributed by atoms with van der Waals surface area (Å²) >= 11 is 0. The lowest BCUT2D eigenvalue weighted by molar-refractivity contribution is 0.0431. The summed E-state index contributed by atoms with van der Waals surface area (Å²) in [6.45, 7) is 2.41. The largest absolute Gasteiger partial charge is 0.485 e. The van der Waals surface area contributed by atoms with Crippen molar-refractivity contribution in [3.63, 3.8) is 0 Å². The Balaban J connectivity index is 1.04. The molecule has 1 aromatic carbocycles. The van der Waals surface area contributed by atoms with Gasteiger partial charge in [0.05, 0.1) is 29.8 Å². The average molecular weight is 522 g/mol. The molecule has 0 saturated carbocycles. The highest BCUT2D eigenvalue weighted by atomic mass is 16.5. The molecule has 3 N–H and O–H groups in total. The van der Waals surface area contributed by atoms with E-state index in [9.17, 15) is 0 Å². The van der Waals surface area contributed by atoms with Gasteiger partial charge in [-0.3, -0.25) is 5.10 Å². The van der Waals surface area contributed by atoms with Gasteiger partial charge < -0.3 is 24.7 Å². The maximum atomic E-state index is 6.65. The fourth-order valence-corrected chi connectivity index (χ4v) is 6.18. The van der Waals surface area contributed by atoms with Crippen molar-refractivity contribution in [2.24, 2.45) is 5.73 Å². The molecule has 1 fully saturated rings. The quantitative estimate of drug-likeness (QED) is 0.360. The van der Waals surface area contributed by atoms with Gasteiger partial charge in [0, 0.05) is 38.0 Å². The number of fused-ring (bicyclic) bond motifs is 3. The van der Waals surface area contributed by atoms with Crippen LogP contribution in [0.2, 0.25) is 0 Å². The van der Waals surface area contributed by atoms with Crippen LogP contribution in [-0.4, -0.2) is 55.4 Å².